The lowest BCUT2D eigenvalue weighted by atomic mass is 10.2. The Hall–Kier alpha value is -3.29. The highest BCUT2D eigenvalue weighted by Gasteiger charge is 2.17. The van der Waals surface area contributed by atoms with Crippen LogP contribution in [0.15, 0.2) is 67.0 Å². The number of halogens is 1. The van der Waals surface area contributed by atoms with E-state index >= 15 is 0 Å². The topological polar surface area (TPSA) is 77.0 Å². The van der Waals surface area contributed by atoms with Crippen LogP contribution in [0.25, 0.3) is 10.6 Å². The van der Waals surface area contributed by atoms with Gasteiger partial charge in [0.05, 0.1) is 10.7 Å². The molecular weight excluding hydrogens is 408 g/mol. The molecule has 0 aliphatic heterocycles. The van der Waals surface area contributed by atoms with Gasteiger partial charge in [-0.3, -0.25) is 4.79 Å². The van der Waals surface area contributed by atoms with E-state index in [2.05, 4.69) is 20.3 Å². The van der Waals surface area contributed by atoms with Crippen molar-refractivity contribution in [2.75, 3.05) is 5.32 Å². The predicted octanol–water partition coefficient (Wildman–Crippen LogP) is 5.61. The highest BCUT2D eigenvalue weighted by molar-refractivity contribution is 7.17. The van der Waals surface area contributed by atoms with Gasteiger partial charge in [0.15, 0.2) is 0 Å². The number of hydrogen-bond acceptors (Lipinski definition) is 6. The molecule has 0 saturated carbocycles. The summed E-state index contributed by atoms with van der Waals surface area (Å²) < 4.78 is 5.55. The van der Waals surface area contributed by atoms with Crippen LogP contribution < -0.4 is 10.1 Å². The molecule has 0 fully saturated rings. The zero-order valence-corrected chi connectivity index (χ0v) is 16.9. The van der Waals surface area contributed by atoms with E-state index in [4.69, 9.17) is 16.3 Å². The monoisotopic (exact) mass is 422 g/mol. The van der Waals surface area contributed by atoms with Gasteiger partial charge in [0.25, 0.3) is 5.91 Å². The van der Waals surface area contributed by atoms with Gasteiger partial charge in [-0.2, -0.15) is 0 Å². The number of nitrogens with one attached hydrogen (secondary N) is 1. The third kappa shape index (κ3) is 4.42. The molecule has 0 unspecified atom stereocenters. The van der Waals surface area contributed by atoms with E-state index in [1.54, 1.807) is 48.8 Å². The smallest absolute Gasteiger partial charge is 0.321 e. The molecular formula is C21H15ClN4O2S. The number of benzene rings is 2. The minimum absolute atomic E-state index is 0.224. The van der Waals surface area contributed by atoms with Crippen LogP contribution in [0.4, 0.5) is 5.69 Å². The van der Waals surface area contributed by atoms with E-state index in [0.717, 1.165) is 5.56 Å². The van der Waals surface area contributed by atoms with Gasteiger partial charge in [0.1, 0.15) is 15.6 Å². The van der Waals surface area contributed by atoms with E-state index in [0.29, 0.717) is 32.0 Å². The Morgan fingerprint density at radius 1 is 1.03 bits per heavy atom. The lowest BCUT2D eigenvalue weighted by Crippen LogP contribution is -2.11. The van der Waals surface area contributed by atoms with Gasteiger partial charge < -0.3 is 10.1 Å². The summed E-state index contributed by atoms with van der Waals surface area (Å²) in [5.41, 5.74) is 2.11. The SMILES string of the molecule is Cc1nc(-c2ccccc2Cl)sc1C(=O)Nc1ccc(Oc2ncccn2)cc1. The standard InChI is InChI=1S/C21H15ClN4O2S/c1-13-18(29-20(25-13)16-5-2-3-6-17(16)22)19(27)26-14-7-9-15(10-8-14)28-21-23-11-4-12-24-21/h2-12H,1H3,(H,26,27). The average Bonchev–Trinajstić information content (AvgIpc) is 3.12. The van der Waals surface area contributed by atoms with Crippen LogP contribution in [0.2, 0.25) is 5.02 Å². The van der Waals surface area contributed by atoms with Crippen LogP contribution in [0.3, 0.4) is 0 Å². The number of anilines is 1. The molecule has 4 aromatic rings. The van der Waals surface area contributed by atoms with E-state index in [1.165, 1.54) is 11.3 Å². The fourth-order valence-electron chi connectivity index (χ4n) is 2.59. The number of aryl methyl sites for hydroxylation is 1. The molecule has 2 heterocycles. The molecule has 0 saturated heterocycles. The van der Waals surface area contributed by atoms with Crippen LogP contribution in [0.5, 0.6) is 11.8 Å². The number of ether oxygens (including phenoxy) is 1. The van der Waals surface area contributed by atoms with E-state index in [-0.39, 0.29) is 11.9 Å². The zero-order valence-electron chi connectivity index (χ0n) is 15.3. The minimum atomic E-state index is -0.224. The van der Waals surface area contributed by atoms with Crippen LogP contribution in [-0.4, -0.2) is 20.9 Å². The maximum atomic E-state index is 12.7. The van der Waals surface area contributed by atoms with Crippen molar-refractivity contribution in [3.8, 4) is 22.3 Å². The Morgan fingerprint density at radius 3 is 2.48 bits per heavy atom. The molecule has 4 rings (SSSR count). The quantitative estimate of drug-likeness (QED) is 0.452. The third-order valence-corrected chi connectivity index (χ3v) is 5.49. The average molecular weight is 423 g/mol. The van der Waals surface area contributed by atoms with Crippen molar-refractivity contribution in [2.24, 2.45) is 0 Å². The number of aromatic nitrogens is 3. The summed E-state index contributed by atoms with van der Waals surface area (Å²) in [5, 5.41) is 4.20. The predicted molar refractivity (Wildman–Crippen MR) is 114 cm³/mol. The van der Waals surface area contributed by atoms with Crippen LogP contribution >= 0.6 is 22.9 Å². The van der Waals surface area contributed by atoms with Crippen LogP contribution in [0, 0.1) is 6.92 Å². The molecule has 2 aromatic heterocycles. The molecule has 144 valence electrons. The number of hydrogen-bond donors (Lipinski definition) is 1. The summed E-state index contributed by atoms with van der Waals surface area (Å²) in [7, 11) is 0. The van der Waals surface area contributed by atoms with Gasteiger partial charge in [-0.05, 0) is 43.3 Å². The lowest BCUT2D eigenvalue weighted by molar-refractivity contribution is 0.103. The number of thiazole rings is 1. The summed E-state index contributed by atoms with van der Waals surface area (Å²) in [6.07, 6.45) is 3.20. The maximum absolute atomic E-state index is 12.7. The van der Waals surface area contributed by atoms with Crippen molar-refractivity contribution in [1.29, 1.82) is 0 Å². The third-order valence-electron chi connectivity index (χ3n) is 3.97. The molecule has 0 aliphatic carbocycles. The largest absolute Gasteiger partial charge is 0.424 e. The molecule has 1 amide bonds. The molecule has 0 radical (unpaired) electrons. The van der Waals surface area contributed by atoms with E-state index < -0.39 is 0 Å². The molecule has 8 heteroatoms. The van der Waals surface area contributed by atoms with Gasteiger partial charge in [-0.15, -0.1) is 11.3 Å². The summed E-state index contributed by atoms with van der Waals surface area (Å²) >= 11 is 7.56. The van der Waals surface area contributed by atoms with Crippen molar-refractivity contribution >= 4 is 34.5 Å². The van der Waals surface area contributed by atoms with Crippen molar-refractivity contribution < 1.29 is 9.53 Å². The molecule has 29 heavy (non-hydrogen) atoms. The number of amides is 1. The first-order chi connectivity index (χ1) is 14.1. The summed E-state index contributed by atoms with van der Waals surface area (Å²) in [6.45, 7) is 1.81. The summed E-state index contributed by atoms with van der Waals surface area (Å²) in [6, 6.07) is 16.4. The zero-order chi connectivity index (χ0) is 20.2. The van der Waals surface area contributed by atoms with Gasteiger partial charge in [0, 0.05) is 23.6 Å². The first-order valence-corrected chi connectivity index (χ1v) is 9.88. The first kappa shape index (κ1) is 19.0. The second kappa shape index (κ2) is 8.38. The number of carbonyl (C=O) groups is 1. The Bertz CT molecular complexity index is 1150. The fourth-order valence-corrected chi connectivity index (χ4v) is 3.88. The fraction of sp³-hybridized carbons (Fsp3) is 0.0476. The van der Waals surface area contributed by atoms with Crippen LogP contribution in [0.1, 0.15) is 15.4 Å². The molecule has 1 N–H and O–H groups in total. The number of carbonyl (C=O) groups excluding carboxylic acids is 1. The maximum Gasteiger partial charge on any atom is 0.321 e. The highest BCUT2D eigenvalue weighted by Crippen LogP contribution is 2.33. The molecule has 0 spiro atoms. The Morgan fingerprint density at radius 2 is 1.76 bits per heavy atom. The van der Waals surface area contributed by atoms with Crippen molar-refractivity contribution in [2.45, 2.75) is 6.92 Å². The second-order valence-corrected chi connectivity index (χ2v) is 7.43. The lowest BCUT2D eigenvalue weighted by Gasteiger charge is -2.06. The molecule has 6 nitrogen and oxygen atoms in total. The minimum Gasteiger partial charge on any atom is -0.424 e. The first-order valence-electron chi connectivity index (χ1n) is 8.69. The Labute approximate surface area is 176 Å². The molecule has 0 aliphatic rings. The Kier molecular flexibility index (Phi) is 5.50. The van der Waals surface area contributed by atoms with Crippen molar-refractivity contribution in [3.63, 3.8) is 0 Å². The highest BCUT2D eigenvalue weighted by atomic mass is 35.5. The Balaban J connectivity index is 1.48. The van der Waals surface area contributed by atoms with E-state index in [1.807, 2.05) is 25.1 Å². The molecule has 0 atom stereocenters. The number of nitrogens with zero attached hydrogens (tertiary/aromatic N) is 3. The number of rotatable bonds is 5. The van der Waals surface area contributed by atoms with Gasteiger partial charge in [0.2, 0.25) is 0 Å². The van der Waals surface area contributed by atoms with E-state index in [9.17, 15) is 4.79 Å². The van der Waals surface area contributed by atoms with Crippen LogP contribution in [-0.2, 0) is 0 Å². The van der Waals surface area contributed by atoms with Crippen molar-refractivity contribution in [1.82, 2.24) is 15.0 Å². The molecule has 0 bridgehead atoms. The summed E-state index contributed by atoms with van der Waals surface area (Å²) in [5.74, 6) is 0.350. The molecule has 2 aromatic carbocycles. The van der Waals surface area contributed by atoms with Gasteiger partial charge in [-0.1, -0.05) is 29.8 Å². The normalized spacial score (nSPS) is 10.6. The second-order valence-electron chi connectivity index (χ2n) is 6.03. The van der Waals surface area contributed by atoms with Crippen molar-refractivity contribution in [3.05, 3.63) is 82.6 Å². The summed E-state index contributed by atoms with van der Waals surface area (Å²) in [4.78, 5) is 25.8. The van der Waals surface area contributed by atoms with Gasteiger partial charge >= 0.3 is 6.01 Å². The van der Waals surface area contributed by atoms with Gasteiger partial charge in [-0.25, -0.2) is 15.0 Å².